The average Bonchev–Trinajstić information content (AvgIpc) is 3.28. The molecule has 30 heavy (non-hydrogen) atoms. The molecule has 1 aliphatic rings. The van der Waals surface area contributed by atoms with Crippen LogP contribution in [0.25, 0.3) is 11.4 Å². The molecule has 1 fully saturated rings. The van der Waals surface area contributed by atoms with E-state index in [1.165, 1.54) is 4.90 Å². The summed E-state index contributed by atoms with van der Waals surface area (Å²) in [5.74, 6) is 2.13. The summed E-state index contributed by atoms with van der Waals surface area (Å²) in [5.41, 5.74) is 1.14. The lowest BCUT2D eigenvalue weighted by Gasteiger charge is -2.35. The molecule has 156 valence electrons. The van der Waals surface area contributed by atoms with Gasteiger partial charge in [0.15, 0.2) is 0 Å². The Hall–Kier alpha value is -2.57. The van der Waals surface area contributed by atoms with Gasteiger partial charge in [0.25, 0.3) is 0 Å². The van der Waals surface area contributed by atoms with Gasteiger partial charge < -0.3 is 9.47 Å². The lowest BCUT2D eigenvalue weighted by molar-refractivity contribution is -0.132. The fourth-order valence-electron chi connectivity index (χ4n) is 3.74. The second kappa shape index (κ2) is 10.5. The highest BCUT2D eigenvalue weighted by Crippen LogP contribution is 2.19. The minimum atomic E-state index is 0.277. The van der Waals surface area contributed by atoms with Crippen LogP contribution in [-0.2, 0) is 11.3 Å². The molecule has 5 nitrogen and oxygen atoms in total. The van der Waals surface area contributed by atoms with E-state index < -0.39 is 0 Å². The zero-order valence-electron chi connectivity index (χ0n) is 17.2. The number of imidazole rings is 1. The van der Waals surface area contributed by atoms with E-state index >= 15 is 0 Å². The quantitative estimate of drug-likeness (QED) is 0.519. The second-order valence-electron chi connectivity index (χ2n) is 7.44. The summed E-state index contributed by atoms with van der Waals surface area (Å²) in [6.45, 7) is 5.41. The maximum Gasteiger partial charge on any atom is 0.223 e. The maximum absolute atomic E-state index is 12.5. The molecular formula is C24H28N4OS. The molecule has 3 aromatic rings. The lowest BCUT2D eigenvalue weighted by Crippen LogP contribution is -2.49. The van der Waals surface area contributed by atoms with Crippen LogP contribution in [0.4, 0.5) is 0 Å². The van der Waals surface area contributed by atoms with E-state index in [1.54, 1.807) is 11.8 Å². The van der Waals surface area contributed by atoms with Crippen molar-refractivity contribution in [1.29, 1.82) is 0 Å². The van der Waals surface area contributed by atoms with Gasteiger partial charge in [-0.2, -0.15) is 0 Å². The Bertz CT molecular complexity index is 921. The highest BCUT2D eigenvalue weighted by atomic mass is 32.2. The number of rotatable bonds is 8. The van der Waals surface area contributed by atoms with Crippen molar-refractivity contribution in [3.05, 3.63) is 73.1 Å². The van der Waals surface area contributed by atoms with Crippen molar-refractivity contribution >= 4 is 17.7 Å². The molecule has 0 atom stereocenters. The van der Waals surface area contributed by atoms with Gasteiger partial charge in [-0.15, -0.1) is 11.8 Å². The monoisotopic (exact) mass is 420 g/mol. The molecule has 1 amide bonds. The predicted octanol–water partition coefficient (Wildman–Crippen LogP) is 3.88. The van der Waals surface area contributed by atoms with Crippen molar-refractivity contribution in [3.63, 3.8) is 0 Å². The van der Waals surface area contributed by atoms with E-state index in [9.17, 15) is 4.79 Å². The number of piperazine rings is 1. The van der Waals surface area contributed by atoms with Crippen LogP contribution < -0.4 is 0 Å². The molecule has 0 N–H and O–H groups in total. The Labute approximate surface area is 182 Å². The molecular weight excluding hydrogens is 392 g/mol. The van der Waals surface area contributed by atoms with Crippen LogP contribution in [0.15, 0.2) is 78.0 Å². The van der Waals surface area contributed by atoms with Crippen LogP contribution in [-0.4, -0.2) is 63.7 Å². The zero-order valence-corrected chi connectivity index (χ0v) is 18.0. The van der Waals surface area contributed by atoms with Crippen molar-refractivity contribution in [3.8, 4) is 11.4 Å². The fraction of sp³-hybridized carbons (Fsp3) is 0.333. The molecule has 1 aliphatic heterocycles. The Morgan fingerprint density at radius 2 is 1.60 bits per heavy atom. The first-order chi connectivity index (χ1) is 14.8. The number of benzene rings is 2. The van der Waals surface area contributed by atoms with Crippen molar-refractivity contribution in [1.82, 2.24) is 19.4 Å². The topological polar surface area (TPSA) is 41.4 Å². The Morgan fingerprint density at radius 1 is 0.900 bits per heavy atom. The number of amides is 1. The first-order valence-corrected chi connectivity index (χ1v) is 11.5. The number of carbonyl (C=O) groups is 1. The van der Waals surface area contributed by atoms with Gasteiger partial charge in [0, 0.05) is 74.3 Å². The van der Waals surface area contributed by atoms with Crippen LogP contribution in [0.2, 0.25) is 0 Å². The van der Waals surface area contributed by atoms with Gasteiger partial charge in [0.2, 0.25) is 5.91 Å². The summed E-state index contributed by atoms with van der Waals surface area (Å²) < 4.78 is 2.22. The summed E-state index contributed by atoms with van der Waals surface area (Å²) in [6, 6.07) is 20.6. The molecule has 0 saturated carbocycles. The normalized spacial score (nSPS) is 14.7. The average molecular weight is 421 g/mol. The molecule has 0 spiro atoms. The Morgan fingerprint density at radius 3 is 2.33 bits per heavy atom. The molecule has 1 aromatic heterocycles. The third-order valence-electron chi connectivity index (χ3n) is 5.46. The third kappa shape index (κ3) is 5.52. The molecule has 1 saturated heterocycles. The summed E-state index contributed by atoms with van der Waals surface area (Å²) in [5, 5.41) is 0. The summed E-state index contributed by atoms with van der Waals surface area (Å²) >= 11 is 1.75. The first kappa shape index (κ1) is 20.7. The Balaban J connectivity index is 1.19. The van der Waals surface area contributed by atoms with Gasteiger partial charge in [-0.3, -0.25) is 9.69 Å². The second-order valence-corrected chi connectivity index (χ2v) is 8.61. The van der Waals surface area contributed by atoms with Crippen molar-refractivity contribution in [2.24, 2.45) is 0 Å². The fourth-order valence-corrected chi connectivity index (χ4v) is 4.60. The van der Waals surface area contributed by atoms with E-state index in [4.69, 9.17) is 0 Å². The van der Waals surface area contributed by atoms with Crippen LogP contribution >= 0.6 is 11.8 Å². The number of carbonyl (C=O) groups excluding carboxylic acids is 1. The third-order valence-corrected chi connectivity index (χ3v) is 6.47. The predicted molar refractivity (Wildman–Crippen MR) is 122 cm³/mol. The van der Waals surface area contributed by atoms with Gasteiger partial charge in [0.1, 0.15) is 5.82 Å². The van der Waals surface area contributed by atoms with E-state index in [0.29, 0.717) is 6.42 Å². The van der Waals surface area contributed by atoms with E-state index in [1.807, 2.05) is 53.7 Å². The van der Waals surface area contributed by atoms with Crippen molar-refractivity contribution < 1.29 is 4.79 Å². The number of hydrogen-bond donors (Lipinski definition) is 0. The van der Waals surface area contributed by atoms with E-state index in [2.05, 4.69) is 38.7 Å². The van der Waals surface area contributed by atoms with Crippen LogP contribution in [0.1, 0.15) is 6.42 Å². The molecule has 6 heteroatoms. The van der Waals surface area contributed by atoms with Crippen LogP contribution in [0.5, 0.6) is 0 Å². The summed E-state index contributed by atoms with van der Waals surface area (Å²) in [7, 11) is 0. The zero-order chi connectivity index (χ0) is 20.6. The van der Waals surface area contributed by atoms with Crippen molar-refractivity contribution in [2.75, 3.05) is 38.5 Å². The molecule has 2 aromatic carbocycles. The highest BCUT2D eigenvalue weighted by Gasteiger charge is 2.20. The molecule has 0 aliphatic carbocycles. The van der Waals surface area contributed by atoms with E-state index in [-0.39, 0.29) is 5.91 Å². The minimum Gasteiger partial charge on any atom is -0.340 e. The summed E-state index contributed by atoms with van der Waals surface area (Å²) in [4.78, 5) is 22.7. The van der Waals surface area contributed by atoms with Crippen LogP contribution in [0.3, 0.4) is 0 Å². The van der Waals surface area contributed by atoms with Gasteiger partial charge in [-0.1, -0.05) is 48.5 Å². The van der Waals surface area contributed by atoms with Gasteiger partial charge in [-0.05, 0) is 12.1 Å². The number of thioether (sulfide) groups is 1. The number of aromatic nitrogens is 2. The first-order valence-electron chi connectivity index (χ1n) is 10.5. The Kier molecular flexibility index (Phi) is 7.21. The molecule has 2 heterocycles. The van der Waals surface area contributed by atoms with E-state index in [0.717, 1.165) is 56.4 Å². The summed E-state index contributed by atoms with van der Waals surface area (Å²) in [6.07, 6.45) is 4.52. The highest BCUT2D eigenvalue weighted by molar-refractivity contribution is 7.99. The number of hydrogen-bond acceptors (Lipinski definition) is 4. The molecule has 0 bridgehead atoms. The SMILES string of the molecule is O=C(CCSc1ccccc1)N1CCN(CCn2ccnc2-c2ccccc2)CC1. The van der Waals surface area contributed by atoms with Crippen molar-refractivity contribution in [2.45, 2.75) is 17.9 Å². The smallest absolute Gasteiger partial charge is 0.223 e. The minimum absolute atomic E-state index is 0.277. The molecule has 0 radical (unpaired) electrons. The van der Waals surface area contributed by atoms with Gasteiger partial charge in [-0.25, -0.2) is 4.98 Å². The number of nitrogens with zero attached hydrogens (tertiary/aromatic N) is 4. The van der Waals surface area contributed by atoms with Gasteiger partial charge >= 0.3 is 0 Å². The molecule has 0 unspecified atom stereocenters. The largest absolute Gasteiger partial charge is 0.340 e. The van der Waals surface area contributed by atoms with Gasteiger partial charge in [0.05, 0.1) is 0 Å². The standard InChI is InChI=1S/C24H28N4OS/c29-23(11-20-30-22-9-5-2-6-10-22)27-17-14-26(15-18-27)16-19-28-13-12-25-24(28)21-7-3-1-4-8-21/h1-10,12-13H,11,14-20H2. The molecule has 4 rings (SSSR count). The maximum atomic E-state index is 12.5. The van der Waals surface area contributed by atoms with Crippen LogP contribution in [0, 0.1) is 0 Å². The lowest BCUT2D eigenvalue weighted by atomic mass is 10.2.